The molecule has 4 N–H and O–H groups in total. The number of rotatable bonds is 7. The third kappa shape index (κ3) is 4.81. The average Bonchev–Trinajstić information content (AvgIpc) is 3.11. The average molecular weight is 500 g/mol. The van der Waals surface area contributed by atoms with Crippen LogP contribution in [0, 0.1) is 46.3 Å². The SMILES string of the molecule is C[C@H](CCC(=O)NCCS(=O)(=O)O)[C@H]1CC[C@@H]2[C@H]3CC[C@@H]4C[C@H](O)CC[C@]4(C)[C@H]3C[C@H](O)[C@@]21C. The molecule has 4 saturated carbocycles. The number of aliphatic hydroxyl groups excluding tert-OH is 2. The number of fused-ring (bicyclic) bond motifs is 5. The monoisotopic (exact) mass is 499 g/mol. The smallest absolute Gasteiger partial charge is 0.266 e. The highest BCUT2D eigenvalue weighted by Gasteiger charge is 2.63. The fourth-order valence-corrected chi connectivity index (χ4v) is 9.49. The molecular weight excluding hydrogens is 454 g/mol. The molecule has 0 saturated heterocycles. The molecule has 7 nitrogen and oxygen atoms in total. The molecule has 0 bridgehead atoms. The Morgan fingerprint density at radius 3 is 2.50 bits per heavy atom. The maximum Gasteiger partial charge on any atom is 0.266 e. The molecule has 0 aromatic rings. The van der Waals surface area contributed by atoms with Crippen LogP contribution in [0.25, 0.3) is 0 Å². The number of carbonyl (C=O) groups excluding carboxylic acids is 1. The van der Waals surface area contributed by atoms with E-state index in [0.29, 0.717) is 48.3 Å². The highest BCUT2D eigenvalue weighted by atomic mass is 32.2. The lowest BCUT2D eigenvalue weighted by molar-refractivity contribution is -0.174. The first-order chi connectivity index (χ1) is 15.9. The van der Waals surface area contributed by atoms with Crippen LogP contribution in [0.5, 0.6) is 0 Å². The van der Waals surface area contributed by atoms with Crippen molar-refractivity contribution in [2.45, 2.75) is 97.2 Å². The van der Waals surface area contributed by atoms with Crippen molar-refractivity contribution in [2.24, 2.45) is 46.3 Å². The van der Waals surface area contributed by atoms with E-state index in [2.05, 4.69) is 26.1 Å². The Hall–Kier alpha value is -0.700. The predicted molar refractivity (Wildman–Crippen MR) is 130 cm³/mol. The van der Waals surface area contributed by atoms with Crippen LogP contribution in [0.15, 0.2) is 0 Å². The zero-order chi connectivity index (χ0) is 24.9. The second-order valence-corrected chi connectivity index (χ2v) is 14.1. The zero-order valence-electron chi connectivity index (χ0n) is 21.1. The summed E-state index contributed by atoms with van der Waals surface area (Å²) >= 11 is 0. The first-order valence-electron chi connectivity index (χ1n) is 13.4. The van der Waals surface area contributed by atoms with Gasteiger partial charge in [-0.15, -0.1) is 0 Å². The highest BCUT2D eigenvalue weighted by Crippen LogP contribution is 2.68. The van der Waals surface area contributed by atoms with E-state index >= 15 is 0 Å². The Bertz CT molecular complexity index is 863. The van der Waals surface area contributed by atoms with Crippen molar-refractivity contribution in [3.05, 3.63) is 0 Å². The normalized spacial score (nSPS) is 45.1. The summed E-state index contributed by atoms with van der Waals surface area (Å²) in [5.41, 5.74) is 0.105. The van der Waals surface area contributed by atoms with Crippen LogP contribution >= 0.6 is 0 Å². The number of hydrogen-bond acceptors (Lipinski definition) is 5. The van der Waals surface area contributed by atoms with E-state index in [1.54, 1.807) is 0 Å². The van der Waals surface area contributed by atoms with Gasteiger partial charge in [0, 0.05) is 13.0 Å². The van der Waals surface area contributed by atoms with Crippen molar-refractivity contribution in [2.75, 3.05) is 12.3 Å². The second-order valence-electron chi connectivity index (χ2n) is 12.5. The molecule has 10 atom stereocenters. The van der Waals surface area contributed by atoms with E-state index in [1.807, 2.05) is 0 Å². The molecule has 4 rings (SSSR count). The Labute approximate surface area is 205 Å². The molecule has 8 heteroatoms. The minimum absolute atomic E-state index is 0.0756. The van der Waals surface area contributed by atoms with E-state index in [0.717, 1.165) is 38.5 Å². The maximum absolute atomic E-state index is 12.2. The molecule has 34 heavy (non-hydrogen) atoms. The van der Waals surface area contributed by atoms with Gasteiger partial charge in [-0.05, 0) is 104 Å². The predicted octanol–water partition coefficient (Wildman–Crippen LogP) is 3.40. The van der Waals surface area contributed by atoms with Crippen molar-refractivity contribution < 1.29 is 28.0 Å². The molecular formula is C26H45NO6S. The van der Waals surface area contributed by atoms with Gasteiger partial charge in [0.1, 0.15) is 0 Å². The Morgan fingerprint density at radius 2 is 1.79 bits per heavy atom. The molecule has 4 fully saturated rings. The van der Waals surface area contributed by atoms with Crippen LogP contribution in [0.2, 0.25) is 0 Å². The van der Waals surface area contributed by atoms with Crippen molar-refractivity contribution in [1.82, 2.24) is 5.32 Å². The van der Waals surface area contributed by atoms with E-state index in [4.69, 9.17) is 4.55 Å². The van der Waals surface area contributed by atoms with Gasteiger partial charge < -0.3 is 15.5 Å². The standard InChI is InChI=1S/C26H45NO6S/c1-16(4-9-24(30)27-12-13-34(31,32)33)20-7-8-21-19-6-5-17-14-18(28)10-11-25(17,2)22(19)15-23(29)26(20,21)3/h16-23,28-29H,4-15H2,1-3H3,(H,27,30)(H,31,32,33)/t16-,17-,18-,19-,20-,21-,22+,23+,25+,26-/m1/s1. The summed E-state index contributed by atoms with van der Waals surface area (Å²) < 4.78 is 30.5. The van der Waals surface area contributed by atoms with Crippen LogP contribution in [0.3, 0.4) is 0 Å². The summed E-state index contributed by atoms with van der Waals surface area (Å²) in [6.07, 6.45) is 8.93. The highest BCUT2D eigenvalue weighted by molar-refractivity contribution is 7.85. The van der Waals surface area contributed by atoms with Gasteiger partial charge in [0.2, 0.25) is 5.91 Å². The number of hydrogen-bond donors (Lipinski definition) is 4. The van der Waals surface area contributed by atoms with Crippen molar-refractivity contribution in [3.63, 3.8) is 0 Å². The van der Waals surface area contributed by atoms with Crippen molar-refractivity contribution >= 4 is 16.0 Å². The molecule has 0 radical (unpaired) electrons. The summed E-state index contributed by atoms with van der Waals surface area (Å²) in [4.78, 5) is 12.2. The molecule has 0 aliphatic heterocycles. The Balaban J connectivity index is 1.40. The summed E-state index contributed by atoms with van der Waals surface area (Å²) in [5, 5.41) is 24.5. The van der Waals surface area contributed by atoms with Gasteiger partial charge in [0.15, 0.2) is 0 Å². The van der Waals surface area contributed by atoms with Crippen molar-refractivity contribution in [3.8, 4) is 0 Å². The number of amides is 1. The van der Waals surface area contributed by atoms with E-state index in [1.165, 1.54) is 12.8 Å². The third-order valence-corrected chi connectivity index (χ3v) is 11.7. The Kier molecular flexibility index (Phi) is 7.47. The number of nitrogens with one attached hydrogen (secondary N) is 1. The van der Waals surface area contributed by atoms with Gasteiger partial charge in [-0.1, -0.05) is 20.8 Å². The lowest BCUT2D eigenvalue weighted by Crippen LogP contribution is -2.58. The van der Waals surface area contributed by atoms with E-state index in [-0.39, 0.29) is 35.5 Å². The van der Waals surface area contributed by atoms with Crippen LogP contribution < -0.4 is 5.32 Å². The van der Waals surface area contributed by atoms with Crippen LogP contribution in [0.4, 0.5) is 0 Å². The minimum atomic E-state index is -4.07. The Morgan fingerprint density at radius 1 is 1.06 bits per heavy atom. The van der Waals surface area contributed by atoms with Crippen LogP contribution in [-0.4, -0.2) is 53.6 Å². The van der Waals surface area contributed by atoms with Crippen LogP contribution in [-0.2, 0) is 14.9 Å². The minimum Gasteiger partial charge on any atom is -0.393 e. The lowest BCUT2D eigenvalue weighted by atomic mass is 9.43. The summed E-state index contributed by atoms with van der Waals surface area (Å²) in [5.74, 6) is 2.28. The molecule has 0 aromatic heterocycles. The van der Waals surface area contributed by atoms with Gasteiger partial charge in [0.05, 0.1) is 18.0 Å². The quantitative estimate of drug-likeness (QED) is 0.398. The van der Waals surface area contributed by atoms with Crippen molar-refractivity contribution in [1.29, 1.82) is 0 Å². The number of aliphatic hydroxyl groups is 2. The fourth-order valence-electron chi connectivity index (χ4n) is 9.13. The van der Waals surface area contributed by atoms with Gasteiger partial charge in [-0.25, -0.2) is 0 Å². The second kappa shape index (κ2) is 9.64. The fraction of sp³-hybridized carbons (Fsp3) is 0.962. The molecule has 0 spiro atoms. The van der Waals surface area contributed by atoms with Gasteiger partial charge >= 0.3 is 0 Å². The first kappa shape index (κ1) is 26.4. The molecule has 4 aliphatic carbocycles. The van der Waals surface area contributed by atoms with E-state index in [9.17, 15) is 23.4 Å². The van der Waals surface area contributed by atoms with Gasteiger partial charge in [-0.2, -0.15) is 8.42 Å². The van der Waals surface area contributed by atoms with Gasteiger partial charge in [0.25, 0.3) is 10.1 Å². The maximum atomic E-state index is 12.2. The van der Waals surface area contributed by atoms with Crippen LogP contribution in [0.1, 0.15) is 85.0 Å². The molecule has 1 amide bonds. The zero-order valence-corrected chi connectivity index (χ0v) is 21.9. The molecule has 0 unspecified atom stereocenters. The molecule has 196 valence electrons. The largest absolute Gasteiger partial charge is 0.393 e. The topological polar surface area (TPSA) is 124 Å². The molecule has 4 aliphatic rings. The van der Waals surface area contributed by atoms with E-state index < -0.39 is 15.9 Å². The van der Waals surface area contributed by atoms with Gasteiger partial charge in [-0.3, -0.25) is 9.35 Å². The third-order valence-electron chi connectivity index (χ3n) is 11.0. The summed E-state index contributed by atoms with van der Waals surface area (Å²) in [6, 6.07) is 0. The lowest BCUT2D eigenvalue weighted by Gasteiger charge is -2.62. The molecule has 0 heterocycles. The summed E-state index contributed by atoms with van der Waals surface area (Å²) in [7, 11) is -4.07. The summed E-state index contributed by atoms with van der Waals surface area (Å²) in [6.45, 7) is 6.86. The molecule has 0 aromatic carbocycles. The number of carbonyl (C=O) groups is 1. The first-order valence-corrected chi connectivity index (χ1v) is 15.0.